The summed E-state index contributed by atoms with van der Waals surface area (Å²) in [5.41, 5.74) is 5.27. The molecule has 4 aromatic carbocycles. The zero-order valence-corrected chi connectivity index (χ0v) is 25.5. The first-order valence-electron chi connectivity index (χ1n) is 14.9. The number of nitrogens with one attached hydrogen (secondary N) is 2. The number of aromatic amines is 1. The second-order valence-corrected chi connectivity index (χ2v) is 11.4. The first kappa shape index (κ1) is 30.2. The Hall–Kier alpha value is -4.86. The molecule has 9 heteroatoms. The Morgan fingerprint density at radius 1 is 1.02 bits per heavy atom. The summed E-state index contributed by atoms with van der Waals surface area (Å²) < 4.78 is 33.0. The van der Waals surface area contributed by atoms with Crippen molar-refractivity contribution >= 4 is 16.8 Å². The Morgan fingerprint density at radius 2 is 1.82 bits per heavy atom. The number of aromatic nitrogens is 1. The van der Waals surface area contributed by atoms with Gasteiger partial charge in [0.1, 0.15) is 24.8 Å². The average molecular weight is 610 g/mol. The summed E-state index contributed by atoms with van der Waals surface area (Å²) in [6.45, 7) is 1.23. The predicted octanol–water partition coefficient (Wildman–Crippen LogP) is 5.82. The zero-order chi connectivity index (χ0) is 31.5. The summed E-state index contributed by atoms with van der Waals surface area (Å²) >= 11 is 0. The molecular weight excluding hydrogens is 573 g/mol. The van der Waals surface area contributed by atoms with Gasteiger partial charge < -0.3 is 34.5 Å². The number of para-hydroxylation sites is 1. The number of methoxy groups -OCH3 is 1. The molecule has 1 amide bonds. The molecule has 6 rings (SSSR count). The topological polar surface area (TPSA) is 96.1 Å². The van der Waals surface area contributed by atoms with Crippen molar-refractivity contribution in [3.63, 3.8) is 0 Å². The van der Waals surface area contributed by atoms with Crippen LogP contribution in [0.25, 0.3) is 33.2 Å². The van der Waals surface area contributed by atoms with E-state index in [1.165, 1.54) is 6.07 Å². The molecule has 1 aromatic heterocycles. The summed E-state index contributed by atoms with van der Waals surface area (Å²) in [5, 5.41) is 14.3. The number of hydrogen-bond acceptors (Lipinski definition) is 6. The number of aliphatic hydroxyl groups is 1. The van der Waals surface area contributed by atoms with E-state index in [0.717, 1.165) is 34.1 Å². The second kappa shape index (κ2) is 13.0. The molecule has 0 bridgehead atoms. The van der Waals surface area contributed by atoms with Crippen molar-refractivity contribution in [2.75, 3.05) is 41.0 Å². The Bertz CT molecular complexity index is 1850. The lowest BCUT2D eigenvalue weighted by atomic mass is 9.90. The van der Waals surface area contributed by atoms with Crippen molar-refractivity contribution in [3.8, 4) is 39.5 Å². The van der Waals surface area contributed by atoms with E-state index in [1.54, 1.807) is 37.4 Å². The van der Waals surface area contributed by atoms with Crippen molar-refractivity contribution in [1.29, 1.82) is 0 Å². The van der Waals surface area contributed by atoms with Crippen LogP contribution in [0, 0.1) is 5.82 Å². The van der Waals surface area contributed by atoms with Gasteiger partial charge in [0.05, 0.1) is 19.8 Å². The van der Waals surface area contributed by atoms with Gasteiger partial charge in [-0.2, -0.15) is 0 Å². The van der Waals surface area contributed by atoms with Gasteiger partial charge in [0.2, 0.25) is 0 Å². The first-order chi connectivity index (χ1) is 21.9. The molecule has 0 spiro atoms. The maximum Gasteiger partial charge on any atom is 0.252 e. The van der Waals surface area contributed by atoms with Crippen molar-refractivity contribution in [2.24, 2.45) is 0 Å². The van der Waals surface area contributed by atoms with Crippen LogP contribution in [-0.4, -0.2) is 67.9 Å². The second-order valence-electron chi connectivity index (χ2n) is 11.4. The summed E-state index contributed by atoms with van der Waals surface area (Å²) in [7, 11) is 5.54. The van der Waals surface area contributed by atoms with Crippen LogP contribution in [0.15, 0.2) is 79.0 Å². The quantitative estimate of drug-likeness (QED) is 0.175. The number of aliphatic hydroxyl groups excluding tert-OH is 1. The number of fused-ring (bicyclic) bond motifs is 4. The molecule has 1 aliphatic heterocycles. The van der Waals surface area contributed by atoms with Gasteiger partial charge >= 0.3 is 0 Å². The van der Waals surface area contributed by atoms with E-state index in [2.05, 4.69) is 10.3 Å². The van der Waals surface area contributed by atoms with Gasteiger partial charge in [-0.25, -0.2) is 4.39 Å². The zero-order valence-electron chi connectivity index (χ0n) is 25.5. The van der Waals surface area contributed by atoms with Crippen LogP contribution in [0.4, 0.5) is 4.39 Å². The lowest BCUT2D eigenvalue weighted by molar-refractivity contribution is 0.0917. The number of carbonyl (C=O) groups is 1. The fourth-order valence-electron chi connectivity index (χ4n) is 5.73. The number of amides is 1. The van der Waals surface area contributed by atoms with Crippen LogP contribution in [0.3, 0.4) is 0 Å². The van der Waals surface area contributed by atoms with Gasteiger partial charge in [-0.1, -0.05) is 36.4 Å². The average Bonchev–Trinajstić information content (AvgIpc) is 3.46. The van der Waals surface area contributed by atoms with Gasteiger partial charge in [-0.05, 0) is 68.0 Å². The van der Waals surface area contributed by atoms with E-state index in [9.17, 15) is 9.90 Å². The molecule has 3 N–H and O–H groups in total. The number of hydrogen-bond donors (Lipinski definition) is 3. The van der Waals surface area contributed by atoms with Gasteiger partial charge in [-0.3, -0.25) is 4.79 Å². The minimum absolute atomic E-state index is 0.262. The molecule has 5 aromatic rings. The minimum atomic E-state index is -0.577. The summed E-state index contributed by atoms with van der Waals surface area (Å²) in [5.74, 6) is 0.801. The number of carbonyl (C=O) groups excluding carboxylic acids is 1. The Kier molecular flexibility index (Phi) is 8.73. The molecule has 232 valence electrons. The lowest BCUT2D eigenvalue weighted by Gasteiger charge is -2.25. The largest absolute Gasteiger partial charge is 0.493 e. The lowest BCUT2D eigenvalue weighted by Crippen LogP contribution is -2.39. The molecule has 0 saturated carbocycles. The third-order valence-corrected chi connectivity index (χ3v) is 8.08. The molecule has 2 heterocycles. The van der Waals surface area contributed by atoms with Crippen molar-refractivity contribution in [3.05, 3.63) is 102 Å². The number of likely N-dealkylation sites (N-methyl/N-ethyl adjacent to an activating group) is 1. The third-order valence-electron chi connectivity index (χ3n) is 8.08. The highest BCUT2D eigenvalue weighted by molar-refractivity contribution is 6.03. The molecule has 1 atom stereocenters. The van der Waals surface area contributed by atoms with E-state index in [4.69, 9.17) is 14.2 Å². The molecule has 1 unspecified atom stereocenters. The van der Waals surface area contributed by atoms with Crippen molar-refractivity contribution in [1.82, 2.24) is 15.2 Å². The molecule has 8 nitrogen and oxygen atoms in total. The monoisotopic (exact) mass is 609 g/mol. The van der Waals surface area contributed by atoms with Gasteiger partial charge in [0.25, 0.3) is 5.91 Å². The van der Waals surface area contributed by atoms with E-state index < -0.39 is 17.8 Å². The van der Waals surface area contributed by atoms with Gasteiger partial charge in [-0.15, -0.1) is 0 Å². The highest BCUT2D eigenvalue weighted by Gasteiger charge is 2.27. The van der Waals surface area contributed by atoms with Crippen molar-refractivity contribution < 1.29 is 28.5 Å². The third kappa shape index (κ3) is 6.22. The van der Waals surface area contributed by atoms with Gasteiger partial charge in [0, 0.05) is 51.5 Å². The summed E-state index contributed by atoms with van der Waals surface area (Å²) in [6.07, 6.45) is 2.30. The van der Waals surface area contributed by atoms with Crippen LogP contribution < -0.4 is 19.5 Å². The summed E-state index contributed by atoms with van der Waals surface area (Å²) in [4.78, 5) is 19.3. The molecule has 1 aliphatic rings. The fraction of sp³-hybridized carbons (Fsp3) is 0.250. The number of benzene rings is 4. The Labute approximate surface area is 261 Å². The Balaban J connectivity index is 1.38. The number of H-pyrrole nitrogens is 1. The molecule has 0 aliphatic carbocycles. The normalized spacial score (nSPS) is 12.8. The molecule has 0 fully saturated rings. The van der Waals surface area contributed by atoms with Crippen LogP contribution in [-0.2, 0) is 13.0 Å². The van der Waals surface area contributed by atoms with E-state index in [-0.39, 0.29) is 24.3 Å². The highest BCUT2D eigenvalue weighted by Crippen LogP contribution is 2.45. The maximum atomic E-state index is 15.2. The number of nitrogens with zero attached hydrogens (tertiary/aromatic N) is 1. The van der Waals surface area contributed by atoms with Crippen LogP contribution >= 0.6 is 0 Å². The van der Waals surface area contributed by atoms with Gasteiger partial charge in [0.15, 0.2) is 11.5 Å². The number of halogens is 1. The number of rotatable bonds is 11. The first-order valence-corrected chi connectivity index (χ1v) is 14.9. The van der Waals surface area contributed by atoms with E-state index >= 15 is 4.39 Å². The standard InChI is InChI=1S/C36H36FN3O5/c1-40(2)12-13-44-35-15-23-21-45-33-18-28(26-9-4-6-10-31(26)37)30(16-29(33)27(23)17-34(35)43-3)36(42)39-24(20-41)14-22-19-38-32-11-7-5-8-25(22)32/h4-11,15-19,24,38,41H,12-14,20-21H2,1-3H3,(H,39,42). The Morgan fingerprint density at radius 3 is 2.60 bits per heavy atom. The molecular formula is C36H36FN3O5. The van der Waals surface area contributed by atoms with Crippen LogP contribution in [0.2, 0.25) is 0 Å². The molecule has 0 radical (unpaired) electrons. The SMILES string of the molecule is COc1cc2c(cc1OCCN(C)C)COc1cc(-c3ccccc3F)c(C(=O)NC(CO)Cc3c[nH]c4ccccc34)cc1-2. The van der Waals surface area contributed by atoms with Crippen LogP contribution in [0.1, 0.15) is 21.5 Å². The molecule has 0 saturated heterocycles. The smallest absolute Gasteiger partial charge is 0.252 e. The highest BCUT2D eigenvalue weighted by atomic mass is 19.1. The maximum absolute atomic E-state index is 15.2. The van der Waals surface area contributed by atoms with E-state index in [1.807, 2.05) is 61.6 Å². The minimum Gasteiger partial charge on any atom is -0.493 e. The van der Waals surface area contributed by atoms with Crippen LogP contribution in [0.5, 0.6) is 17.2 Å². The van der Waals surface area contributed by atoms with E-state index in [0.29, 0.717) is 41.4 Å². The predicted molar refractivity (Wildman–Crippen MR) is 173 cm³/mol. The van der Waals surface area contributed by atoms with Crippen molar-refractivity contribution in [2.45, 2.75) is 19.1 Å². The number of ether oxygens (including phenoxy) is 3. The fourth-order valence-corrected chi connectivity index (χ4v) is 5.73. The molecule has 45 heavy (non-hydrogen) atoms. The summed E-state index contributed by atoms with van der Waals surface area (Å²) in [6, 6.07) is 20.9.